The number of hydrogen-bond donors (Lipinski definition) is 2. The minimum absolute atomic E-state index is 0. The molecule has 1 unspecified atom stereocenters. The van der Waals surface area contributed by atoms with Crippen molar-refractivity contribution in [3.63, 3.8) is 0 Å². The molecule has 0 aliphatic carbocycles. The minimum atomic E-state index is -0.201. The number of carbonyl (C=O) groups excluding carboxylic acids is 1. The van der Waals surface area contributed by atoms with E-state index in [0.717, 1.165) is 0 Å². The van der Waals surface area contributed by atoms with Crippen molar-refractivity contribution in [2.24, 2.45) is 0 Å². The molecule has 0 saturated heterocycles. The summed E-state index contributed by atoms with van der Waals surface area (Å²) in [6.07, 6.45) is 0. The highest BCUT2D eigenvalue weighted by molar-refractivity contribution is 5.94. The first-order chi connectivity index (χ1) is 6.24. The second kappa shape index (κ2) is 6.40. The summed E-state index contributed by atoms with van der Waals surface area (Å²) in [5, 5.41) is 11.4. The number of aliphatic hydroxyl groups is 1. The van der Waals surface area contributed by atoms with Gasteiger partial charge in [0.15, 0.2) is 0 Å². The summed E-state index contributed by atoms with van der Waals surface area (Å²) in [5.74, 6) is -0.151. The lowest BCUT2D eigenvalue weighted by Crippen LogP contribution is -2.34. The van der Waals surface area contributed by atoms with E-state index >= 15 is 0 Å². The SMILES string of the molecule is CC(CO)NC(=O)c1ccccc1.Cl. The Morgan fingerprint density at radius 3 is 2.50 bits per heavy atom. The van der Waals surface area contributed by atoms with E-state index in [9.17, 15) is 4.79 Å². The van der Waals surface area contributed by atoms with Crippen molar-refractivity contribution in [1.82, 2.24) is 5.32 Å². The first-order valence-corrected chi connectivity index (χ1v) is 4.21. The lowest BCUT2D eigenvalue weighted by atomic mass is 10.2. The minimum Gasteiger partial charge on any atom is -0.394 e. The van der Waals surface area contributed by atoms with Crippen molar-refractivity contribution in [2.45, 2.75) is 13.0 Å². The third-order valence-electron chi connectivity index (χ3n) is 1.69. The molecule has 0 saturated carbocycles. The first-order valence-electron chi connectivity index (χ1n) is 4.21. The standard InChI is InChI=1S/C10H13NO2.ClH/c1-8(7-12)11-10(13)9-5-3-2-4-6-9;/h2-6,8,12H,7H2,1H3,(H,11,13);1H. The molecule has 1 atom stereocenters. The third kappa shape index (κ3) is 3.77. The van der Waals surface area contributed by atoms with Crippen LogP contribution in [-0.4, -0.2) is 23.7 Å². The third-order valence-corrected chi connectivity index (χ3v) is 1.69. The van der Waals surface area contributed by atoms with Gasteiger partial charge in [-0.15, -0.1) is 12.4 Å². The molecule has 0 aliphatic heterocycles. The Hall–Kier alpha value is -1.06. The van der Waals surface area contributed by atoms with Crippen LogP contribution in [0.4, 0.5) is 0 Å². The number of aliphatic hydroxyl groups excluding tert-OH is 1. The molecule has 1 aromatic carbocycles. The van der Waals surface area contributed by atoms with Crippen LogP contribution in [0.3, 0.4) is 0 Å². The van der Waals surface area contributed by atoms with E-state index in [0.29, 0.717) is 5.56 Å². The van der Waals surface area contributed by atoms with Gasteiger partial charge in [0.25, 0.3) is 5.91 Å². The summed E-state index contributed by atoms with van der Waals surface area (Å²) in [7, 11) is 0. The quantitative estimate of drug-likeness (QED) is 0.797. The van der Waals surface area contributed by atoms with Crippen molar-refractivity contribution in [1.29, 1.82) is 0 Å². The van der Waals surface area contributed by atoms with E-state index in [2.05, 4.69) is 5.32 Å². The normalized spacial score (nSPS) is 11.3. The fourth-order valence-electron chi connectivity index (χ4n) is 0.942. The Kier molecular flexibility index (Phi) is 5.92. The summed E-state index contributed by atoms with van der Waals surface area (Å²) in [5.41, 5.74) is 0.614. The van der Waals surface area contributed by atoms with Crippen LogP contribution in [0.1, 0.15) is 17.3 Å². The fraction of sp³-hybridized carbons (Fsp3) is 0.300. The molecule has 0 spiro atoms. The summed E-state index contributed by atoms with van der Waals surface area (Å²) >= 11 is 0. The number of nitrogens with one attached hydrogen (secondary N) is 1. The molecule has 1 aromatic rings. The van der Waals surface area contributed by atoms with Gasteiger partial charge in [-0.2, -0.15) is 0 Å². The molecule has 1 amide bonds. The average Bonchev–Trinajstić information content (AvgIpc) is 2.19. The molecule has 0 aliphatic rings. The average molecular weight is 216 g/mol. The summed E-state index contributed by atoms with van der Waals surface area (Å²) in [6, 6.07) is 8.73. The van der Waals surface area contributed by atoms with Crippen LogP contribution in [-0.2, 0) is 0 Å². The number of rotatable bonds is 3. The van der Waals surface area contributed by atoms with E-state index in [1.807, 2.05) is 6.07 Å². The van der Waals surface area contributed by atoms with E-state index < -0.39 is 0 Å². The fourth-order valence-corrected chi connectivity index (χ4v) is 0.942. The maximum Gasteiger partial charge on any atom is 0.251 e. The first kappa shape index (κ1) is 12.9. The Balaban J connectivity index is 0.00000169. The summed E-state index contributed by atoms with van der Waals surface area (Å²) in [6.45, 7) is 1.71. The molecule has 78 valence electrons. The predicted octanol–water partition coefficient (Wildman–Crippen LogP) is 1.22. The van der Waals surface area contributed by atoms with E-state index in [4.69, 9.17) is 5.11 Å². The monoisotopic (exact) mass is 215 g/mol. The van der Waals surface area contributed by atoms with Crippen molar-refractivity contribution < 1.29 is 9.90 Å². The Morgan fingerprint density at radius 2 is 2.00 bits per heavy atom. The summed E-state index contributed by atoms with van der Waals surface area (Å²) < 4.78 is 0. The lowest BCUT2D eigenvalue weighted by Gasteiger charge is -2.10. The van der Waals surface area contributed by atoms with Gasteiger partial charge in [-0.05, 0) is 19.1 Å². The van der Waals surface area contributed by atoms with Gasteiger partial charge in [0, 0.05) is 11.6 Å². The molecular weight excluding hydrogens is 202 g/mol. The van der Waals surface area contributed by atoms with Gasteiger partial charge >= 0.3 is 0 Å². The molecule has 0 aromatic heterocycles. The Morgan fingerprint density at radius 1 is 1.43 bits per heavy atom. The number of hydrogen-bond acceptors (Lipinski definition) is 2. The van der Waals surface area contributed by atoms with Gasteiger partial charge in [0.2, 0.25) is 0 Å². The van der Waals surface area contributed by atoms with Crippen LogP contribution >= 0.6 is 12.4 Å². The zero-order valence-electron chi connectivity index (χ0n) is 7.93. The molecule has 0 fully saturated rings. The molecule has 0 bridgehead atoms. The van der Waals surface area contributed by atoms with Gasteiger partial charge < -0.3 is 10.4 Å². The number of amides is 1. The number of halogens is 1. The van der Waals surface area contributed by atoms with Gasteiger partial charge in [-0.3, -0.25) is 4.79 Å². The molecule has 4 heteroatoms. The number of carbonyl (C=O) groups is 1. The second-order valence-electron chi connectivity index (χ2n) is 2.92. The molecular formula is C10H14ClNO2. The van der Waals surface area contributed by atoms with Crippen molar-refractivity contribution in [3.05, 3.63) is 35.9 Å². The topological polar surface area (TPSA) is 49.3 Å². The number of benzene rings is 1. The predicted molar refractivity (Wildman–Crippen MR) is 57.7 cm³/mol. The van der Waals surface area contributed by atoms with Gasteiger partial charge in [0.05, 0.1) is 6.61 Å². The van der Waals surface area contributed by atoms with Crippen LogP contribution in [0.2, 0.25) is 0 Å². The van der Waals surface area contributed by atoms with Gasteiger partial charge in [-0.1, -0.05) is 18.2 Å². The van der Waals surface area contributed by atoms with Crippen LogP contribution in [0, 0.1) is 0 Å². The van der Waals surface area contributed by atoms with Crippen LogP contribution < -0.4 is 5.32 Å². The van der Waals surface area contributed by atoms with E-state index in [1.165, 1.54) is 0 Å². The molecule has 0 heterocycles. The zero-order valence-corrected chi connectivity index (χ0v) is 8.75. The molecule has 1 rings (SSSR count). The van der Waals surface area contributed by atoms with E-state index in [1.54, 1.807) is 31.2 Å². The highest BCUT2D eigenvalue weighted by atomic mass is 35.5. The summed E-state index contributed by atoms with van der Waals surface area (Å²) in [4.78, 5) is 11.4. The molecule has 2 N–H and O–H groups in total. The maximum atomic E-state index is 11.4. The van der Waals surface area contributed by atoms with Crippen LogP contribution in [0.5, 0.6) is 0 Å². The zero-order chi connectivity index (χ0) is 9.68. The highest BCUT2D eigenvalue weighted by Crippen LogP contribution is 1.98. The maximum absolute atomic E-state index is 11.4. The van der Waals surface area contributed by atoms with Crippen molar-refractivity contribution >= 4 is 18.3 Å². The van der Waals surface area contributed by atoms with Gasteiger partial charge in [-0.25, -0.2) is 0 Å². The smallest absolute Gasteiger partial charge is 0.251 e. The Labute approximate surface area is 89.5 Å². The second-order valence-corrected chi connectivity index (χ2v) is 2.92. The molecule has 14 heavy (non-hydrogen) atoms. The van der Waals surface area contributed by atoms with E-state index in [-0.39, 0.29) is 31.0 Å². The van der Waals surface area contributed by atoms with Crippen molar-refractivity contribution in [2.75, 3.05) is 6.61 Å². The van der Waals surface area contributed by atoms with Crippen molar-refractivity contribution in [3.8, 4) is 0 Å². The highest BCUT2D eigenvalue weighted by Gasteiger charge is 2.07. The van der Waals surface area contributed by atoms with Crippen LogP contribution in [0.25, 0.3) is 0 Å². The van der Waals surface area contributed by atoms with Gasteiger partial charge in [0.1, 0.15) is 0 Å². The van der Waals surface area contributed by atoms with Crippen LogP contribution in [0.15, 0.2) is 30.3 Å². The lowest BCUT2D eigenvalue weighted by molar-refractivity contribution is 0.0922. The largest absolute Gasteiger partial charge is 0.394 e. The molecule has 0 radical (unpaired) electrons. The Bertz CT molecular complexity index is 277. The molecule has 3 nitrogen and oxygen atoms in total.